The van der Waals surface area contributed by atoms with Crippen molar-refractivity contribution < 1.29 is 8.42 Å². The topological polar surface area (TPSA) is 61.4 Å². The lowest BCUT2D eigenvalue weighted by Gasteiger charge is -2.34. The molecule has 5 nitrogen and oxygen atoms in total. The number of nitrogens with one attached hydrogen (secondary N) is 2. The van der Waals surface area contributed by atoms with Gasteiger partial charge in [0.05, 0.1) is 10.7 Å². The Morgan fingerprint density at radius 1 is 1.43 bits per heavy atom. The van der Waals surface area contributed by atoms with Crippen LogP contribution in [0.4, 0.5) is 5.69 Å². The van der Waals surface area contributed by atoms with Crippen molar-refractivity contribution in [1.82, 2.24) is 9.62 Å². The lowest BCUT2D eigenvalue weighted by molar-refractivity contribution is 0.250. The van der Waals surface area contributed by atoms with Gasteiger partial charge in [-0.05, 0) is 54.0 Å². The third kappa shape index (κ3) is 4.32. The van der Waals surface area contributed by atoms with Crippen LogP contribution >= 0.6 is 27.5 Å². The zero-order valence-corrected chi connectivity index (χ0v) is 14.9. The highest BCUT2D eigenvalue weighted by atomic mass is 79.9. The molecule has 1 heterocycles. The van der Waals surface area contributed by atoms with E-state index in [2.05, 4.69) is 26.0 Å². The van der Waals surface area contributed by atoms with Crippen molar-refractivity contribution in [3.8, 4) is 0 Å². The van der Waals surface area contributed by atoms with Gasteiger partial charge in [-0.25, -0.2) is 0 Å². The van der Waals surface area contributed by atoms with Gasteiger partial charge in [0.1, 0.15) is 0 Å². The Bertz CT molecular complexity index is 595. The first-order valence-electron chi connectivity index (χ1n) is 6.83. The first kappa shape index (κ1) is 17.0. The van der Waals surface area contributed by atoms with Crippen molar-refractivity contribution in [2.75, 3.05) is 24.9 Å². The minimum atomic E-state index is -3.57. The van der Waals surface area contributed by atoms with E-state index in [0.717, 1.165) is 23.7 Å². The number of likely N-dealkylation sites (N-methyl/N-ethyl adjacent to an activating group) is 1. The Kier molecular flexibility index (Phi) is 5.90. The Morgan fingerprint density at radius 2 is 2.19 bits per heavy atom. The van der Waals surface area contributed by atoms with E-state index in [9.17, 15) is 8.42 Å². The van der Waals surface area contributed by atoms with Crippen LogP contribution in [0.5, 0.6) is 0 Å². The van der Waals surface area contributed by atoms with E-state index in [1.165, 1.54) is 0 Å². The third-order valence-electron chi connectivity index (χ3n) is 3.49. The molecule has 1 aromatic carbocycles. The summed E-state index contributed by atoms with van der Waals surface area (Å²) in [4.78, 5) is 0. The molecule has 1 saturated heterocycles. The summed E-state index contributed by atoms with van der Waals surface area (Å²) in [6, 6.07) is 5.00. The predicted octanol–water partition coefficient (Wildman–Crippen LogP) is 2.83. The van der Waals surface area contributed by atoms with Gasteiger partial charge in [0.25, 0.3) is 0 Å². The van der Waals surface area contributed by atoms with Crippen molar-refractivity contribution in [3.05, 3.63) is 27.7 Å². The molecule has 0 spiro atoms. The van der Waals surface area contributed by atoms with Crippen molar-refractivity contribution >= 4 is 43.4 Å². The number of hydrogen-bond acceptors (Lipinski definition) is 3. The van der Waals surface area contributed by atoms with Crippen molar-refractivity contribution in [2.45, 2.75) is 25.3 Å². The van der Waals surface area contributed by atoms with Crippen LogP contribution in [0, 0.1) is 0 Å². The number of hydrogen-bond donors (Lipinski definition) is 2. The van der Waals surface area contributed by atoms with Crippen molar-refractivity contribution in [1.29, 1.82) is 0 Å². The summed E-state index contributed by atoms with van der Waals surface area (Å²) in [6.07, 6.45) is 2.83. The molecule has 8 heteroatoms. The van der Waals surface area contributed by atoms with E-state index < -0.39 is 10.2 Å². The summed E-state index contributed by atoms with van der Waals surface area (Å²) in [5.41, 5.74) is 0.469. The average Bonchev–Trinajstić information content (AvgIpc) is 2.43. The largest absolute Gasteiger partial charge is 0.318 e. The second-order valence-corrected chi connectivity index (χ2v) is 7.94. The Balaban J connectivity index is 2.17. The zero-order chi connectivity index (χ0) is 15.5. The molecule has 2 rings (SSSR count). The fourth-order valence-corrected chi connectivity index (χ4v) is 4.41. The number of benzene rings is 1. The number of nitrogens with zero attached hydrogens (tertiary/aromatic N) is 1. The molecule has 0 saturated carbocycles. The number of rotatable bonds is 5. The summed E-state index contributed by atoms with van der Waals surface area (Å²) >= 11 is 9.29. The molecular weight excluding hydrogens is 378 g/mol. The van der Waals surface area contributed by atoms with Crippen LogP contribution in [0.2, 0.25) is 5.02 Å². The minimum Gasteiger partial charge on any atom is -0.318 e. The summed E-state index contributed by atoms with van der Waals surface area (Å²) in [6.45, 7) is 1.20. The third-order valence-corrected chi connectivity index (χ3v) is 6.31. The smallest absolute Gasteiger partial charge is 0.301 e. The van der Waals surface area contributed by atoms with Gasteiger partial charge < -0.3 is 5.32 Å². The molecule has 0 bridgehead atoms. The molecule has 1 unspecified atom stereocenters. The van der Waals surface area contributed by atoms with Gasteiger partial charge in [0.2, 0.25) is 0 Å². The Labute approximate surface area is 139 Å². The number of piperidine rings is 1. The second-order valence-electron chi connectivity index (χ2n) is 5.05. The summed E-state index contributed by atoms with van der Waals surface area (Å²) < 4.78 is 30.0. The van der Waals surface area contributed by atoms with Crippen LogP contribution in [0.3, 0.4) is 0 Å². The molecule has 0 aromatic heterocycles. The molecule has 1 atom stereocenters. The van der Waals surface area contributed by atoms with Gasteiger partial charge >= 0.3 is 10.2 Å². The fourth-order valence-electron chi connectivity index (χ4n) is 2.50. The molecule has 2 N–H and O–H groups in total. The van der Waals surface area contributed by atoms with Crippen LogP contribution in [-0.2, 0) is 10.2 Å². The van der Waals surface area contributed by atoms with Gasteiger partial charge in [0, 0.05) is 23.6 Å². The van der Waals surface area contributed by atoms with Gasteiger partial charge in [-0.2, -0.15) is 12.7 Å². The average molecular weight is 397 g/mol. The molecule has 118 valence electrons. The van der Waals surface area contributed by atoms with Crippen molar-refractivity contribution in [2.24, 2.45) is 0 Å². The molecule has 0 aliphatic carbocycles. The molecule has 1 fully saturated rings. The molecule has 1 aliphatic heterocycles. The monoisotopic (exact) mass is 395 g/mol. The second kappa shape index (κ2) is 7.28. The lowest BCUT2D eigenvalue weighted by atomic mass is 10.1. The summed E-state index contributed by atoms with van der Waals surface area (Å²) in [5, 5.41) is 3.53. The van der Waals surface area contributed by atoms with E-state index >= 15 is 0 Å². The Hall–Kier alpha value is -0.340. The zero-order valence-electron chi connectivity index (χ0n) is 11.8. The van der Waals surface area contributed by atoms with Crippen LogP contribution in [0.1, 0.15) is 19.3 Å². The van der Waals surface area contributed by atoms with Gasteiger partial charge in [-0.3, -0.25) is 4.72 Å². The van der Waals surface area contributed by atoms with Crippen LogP contribution in [-0.4, -0.2) is 38.9 Å². The quantitative estimate of drug-likeness (QED) is 0.804. The van der Waals surface area contributed by atoms with Gasteiger partial charge in [-0.1, -0.05) is 18.0 Å². The van der Waals surface area contributed by atoms with E-state index in [0.29, 0.717) is 23.8 Å². The fraction of sp³-hybridized carbons (Fsp3) is 0.538. The molecule has 1 aromatic rings. The van der Waals surface area contributed by atoms with E-state index in [-0.39, 0.29) is 6.04 Å². The maximum absolute atomic E-state index is 12.6. The number of halogens is 2. The highest BCUT2D eigenvalue weighted by molar-refractivity contribution is 9.10. The molecular formula is C13H19BrClN3O2S. The van der Waals surface area contributed by atoms with Crippen LogP contribution < -0.4 is 10.0 Å². The maximum Gasteiger partial charge on any atom is 0.301 e. The highest BCUT2D eigenvalue weighted by Crippen LogP contribution is 2.27. The van der Waals surface area contributed by atoms with E-state index in [1.54, 1.807) is 22.5 Å². The summed E-state index contributed by atoms with van der Waals surface area (Å²) in [5.74, 6) is 0. The minimum absolute atomic E-state index is 0.00725. The molecule has 0 amide bonds. The molecule has 21 heavy (non-hydrogen) atoms. The molecule has 0 radical (unpaired) electrons. The summed E-state index contributed by atoms with van der Waals surface area (Å²) in [7, 11) is -1.73. The lowest BCUT2D eigenvalue weighted by Crippen LogP contribution is -2.49. The maximum atomic E-state index is 12.6. The number of anilines is 1. The predicted molar refractivity (Wildman–Crippen MR) is 90.0 cm³/mol. The SMILES string of the molecule is CNCC1CCCCN1S(=O)(=O)Nc1ccc(Br)c(Cl)c1. The highest BCUT2D eigenvalue weighted by Gasteiger charge is 2.31. The molecule has 1 aliphatic rings. The van der Waals surface area contributed by atoms with Crippen molar-refractivity contribution in [3.63, 3.8) is 0 Å². The van der Waals surface area contributed by atoms with E-state index in [1.807, 2.05) is 7.05 Å². The normalized spacial score (nSPS) is 20.4. The van der Waals surface area contributed by atoms with Crippen LogP contribution in [0.25, 0.3) is 0 Å². The first-order valence-corrected chi connectivity index (χ1v) is 9.44. The first-order chi connectivity index (χ1) is 9.94. The van der Waals surface area contributed by atoms with E-state index in [4.69, 9.17) is 11.6 Å². The van der Waals surface area contributed by atoms with Gasteiger partial charge in [-0.15, -0.1) is 0 Å². The van der Waals surface area contributed by atoms with Gasteiger partial charge in [0.15, 0.2) is 0 Å². The standard InChI is InChI=1S/C13H19BrClN3O2S/c1-16-9-11-4-2-3-7-18(11)21(19,20)17-10-5-6-12(14)13(15)8-10/h5-6,8,11,16-17H,2-4,7,9H2,1H3. The van der Waals surface area contributed by atoms with Crippen LogP contribution in [0.15, 0.2) is 22.7 Å². The Morgan fingerprint density at radius 3 is 2.86 bits per heavy atom.